The van der Waals surface area contributed by atoms with E-state index in [0.717, 1.165) is 17.2 Å². The zero-order valence-electron chi connectivity index (χ0n) is 10.9. The second-order valence-electron chi connectivity index (χ2n) is 3.88. The third-order valence-electron chi connectivity index (χ3n) is 2.67. The number of thioether (sulfide) groups is 1. The zero-order valence-corrected chi connectivity index (χ0v) is 13.3. The highest BCUT2D eigenvalue weighted by atomic mass is 35.5. The first kappa shape index (κ1) is 17.7. The minimum Gasteiger partial charge on any atom is -0.338 e. The Labute approximate surface area is 123 Å². The van der Waals surface area contributed by atoms with E-state index in [1.165, 1.54) is 11.3 Å². The number of halogens is 1. The van der Waals surface area contributed by atoms with Gasteiger partial charge in [0.2, 0.25) is 0 Å². The molecule has 0 saturated carbocycles. The number of hydrogen-bond acceptors (Lipinski definition) is 5. The Bertz CT molecular complexity index is 373. The van der Waals surface area contributed by atoms with Gasteiger partial charge in [0.25, 0.3) is 5.91 Å². The van der Waals surface area contributed by atoms with Gasteiger partial charge in [-0.3, -0.25) is 4.79 Å². The molecular weight excluding hydrogens is 290 g/mol. The Morgan fingerprint density at radius 1 is 1.67 bits per heavy atom. The van der Waals surface area contributed by atoms with Crippen LogP contribution in [-0.4, -0.2) is 40.9 Å². The molecule has 1 aromatic rings. The molecule has 1 heterocycles. The number of aromatic nitrogens is 1. The van der Waals surface area contributed by atoms with E-state index in [0.29, 0.717) is 12.2 Å². The van der Waals surface area contributed by atoms with Gasteiger partial charge in [0.1, 0.15) is 10.7 Å². The number of hydrogen-bond donors (Lipinski definition) is 1. The van der Waals surface area contributed by atoms with Gasteiger partial charge in [0.15, 0.2) is 0 Å². The van der Waals surface area contributed by atoms with E-state index in [2.05, 4.69) is 18.2 Å². The van der Waals surface area contributed by atoms with Gasteiger partial charge in [-0.05, 0) is 25.4 Å². The minimum atomic E-state index is -0.0189. The van der Waals surface area contributed by atoms with Crippen molar-refractivity contribution < 1.29 is 4.79 Å². The zero-order chi connectivity index (χ0) is 12.8. The normalized spacial score (nSPS) is 11.8. The first-order chi connectivity index (χ1) is 8.10. The predicted molar refractivity (Wildman–Crippen MR) is 81.8 cm³/mol. The fourth-order valence-corrected chi connectivity index (χ4v) is 2.59. The quantitative estimate of drug-likeness (QED) is 0.875. The van der Waals surface area contributed by atoms with E-state index >= 15 is 0 Å². The van der Waals surface area contributed by atoms with Gasteiger partial charge in [-0.1, -0.05) is 0 Å². The molecule has 0 aliphatic rings. The fourth-order valence-electron chi connectivity index (χ4n) is 1.37. The van der Waals surface area contributed by atoms with Crippen LogP contribution in [0.2, 0.25) is 0 Å². The number of amides is 1. The van der Waals surface area contributed by atoms with Crippen molar-refractivity contribution in [2.24, 2.45) is 5.73 Å². The van der Waals surface area contributed by atoms with Gasteiger partial charge < -0.3 is 10.6 Å². The third kappa shape index (κ3) is 4.76. The molecule has 2 N–H and O–H groups in total. The van der Waals surface area contributed by atoms with Gasteiger partial charge in [-0.15, -0.1) is 23.7 Å². The average Bonchev–Trinajstić information content (AvgIpc) is 2.82. The van der Waals surface area contributed by atoms with Crippen molar-refractivity contribution >= 4 is 41.4 Å². The summed E-state index contributed by atoms with van der Waals surface area (Å²) >= 11 is 3.23. The van der Waals surface area contributed by atoms with E-state index in [9.17, 15) is 4.79 Å². The van der Waals surface area contributed by atoms with Crippen LogP contribution in [0.15, 0.2) is 5.38 Å². The van der Waals surface area contributed by atoms with Crippen molar-refractivity contribution in [2.75, 3.05) is 19.1 Å². The summed E-state index contributed by atoms with van der Waals surface area (Å²) in [6.45, 7) is 2.45. The minimum absolute atomic E-state index is 0. The summed E-state index contributed by atoms with van der Waals surface area (Å²) in [7, 11) is 1.83. The molecule has 0 fully saturated rings. The second kappa shape index (κ2) is 8.74. The monoisotopic (exact) mass is 309 g/mol. The number of rotatable bonds is 6. The maximum absolute atomic E-state index is 12.1. The van der Waals surface area contributed by atoms with E-state index in [-0.39, 0.29) is 24.4 Å². The number of carbonyl (C=O) groups is 1. The summed E-state index contributed by atoms with van der Waals surface area (Å²) in [4.78, 5) is 18.1. The molecule has 1 rings (SSSR count). The van der Waals surface area contributed by atoms with Crippen molar-refractivity contribution in [3.05, 3.63) is 16.1 Å². The van der Waals surface area contributed by atoms with E-state index in [4.69, 9.17) is 5.73 Å². The van der Waals surface area contributed by atoms with Crippen molar-refractivity contribution in [1.82, 2.24) is 9.88 Å². The van der Waals surface area contributed by atoms with Crippen LogP contribution >= 0.6 is 35.5 Å². The molecule has 0 saturated heterocycles. The van der Waals surface area contributed by atoms with Crippen molar-refractivity contribution in [3.8, 4) is 0 Å². The van der Waals surface area contributed by atoms with Crippen LogP contribution in [0.1, 0.15) is 28.8 Å². The van der Waals surface area contributed by atoms with Crippen LogP contribution in [0.4, 0.5) is 0 Å². The van der Waals surface area contributed by atoms with Gasteiger partial charge in [0.05, 0.1) is 0 Å². The number of carbonyl (C=O) groups excluding carboxylic acids is 1. The molecule has 1 unspecified atom stereocenters. The summed E-state index contributed by atoms with van der Waals surface area (Å²) in [6, 6.07) is 0.234. The van der Waals surface area contributed by atoms with Crippen LogP contribution in [0, 0.1) is 0 Å². The highest BCUT2D eigenvalue weighted by Crippen LogP contribution is 2.13. The molecule has 7 heteroatoms. The first-order valence-electron chi connectivity index (χ1n) is 5.50. The maximum atomic E-state index is 12.1. The first-order valence-corrected chi connectivity index (χ1v) is 7.78. The van der Waals surface area contributed by atoms with E-state index < -0.39 is 0 Å². The lowest BCUT2D eigenvalue weighted by Gasteiger charge is -2.23. The van der Waals surface area contributed by atoms with Crippen LogP contribution in [-0.2, 0) is 6.54 Å². The lowest BCUT2D eigenvalue weighted by Crippen LogP contribution is -2.35. The second-order valence-corrected chi connectivity index (χ2v) is 5.81. The smallest absolute Gasteiger partial charge is 0.273 e. The molecule has 104 valence electrons. The molecule has 18 heavy (non-hydrogen) atoms. The Morgan fingerprint density at radius 3 is 2.83 bits per heavy atom. The average molecular weight is 310 g/mol. The summed E-state index contributed by atoms with van der Waals surface area (Å²) in [5.74, 6) is 1.04. The van der Waals surface area contributed by atoms with Gasteiger partial charge in [-0.25, -0.2) is 4.98 Å². The molecule has 0 aliphatic heterocycles. The molecule has 1 atom stereocenters. The summed E-state index contributed by atoms with van der Waals surface area (Å²) in [5, 5.41) is 2.58. The predicted octanol–water partition coefficient (Wildman–Crippen LogP) is 2.24. The third-order valence-corrected chi connectivity index (χ3v) is 4.18. The van der Waals surface area contributed by atoms with Gasteiger partial charge in [0, 0.05) is 25.0 Å². The highest BCUT2D eigenvalue weighted by molar-refractivity contribution is 7.98. The largest absolute Gasteiger partial charge is 0.338 e. The van der Waals surface area contributed by atoms with Crippen LogP contribution in [0.5, 0.6) is 0 Å². The fraction of sp³-hybridized carbons (Fsp3) is 0.636. The molecule has 0 aliphatic carbocycles. The van der Waals surface area contributed by atoms with Crippen LogP contribution in [0.3, 0.4) is 0 Å². The van der Waals surface area contributed by atoms with Crippen LogP contribution < -0.4 is 5.73 Å². The molecule has 0 aromatic carbocycles. The maximum Gasteiger partial charge on any atom is 0.273 e. The standard InChI is InChI=1S/C11H19N3OS2.ClH/c1-8(4-5-16-3)14(2)11(15)9-7-17-10(6-12)13-9;/h7-8H,4-6,12H2,1-3H3;1H. The lowest BCUT2D eigenvalue weighted by atomic mass is 10.2. The summed E-state index contributed by atoms with van der Waals surface area (Å²) in [6.07, 6.45) is 3.07. The van der Waals surface area contributed by atoms with Crippen LogP contribution in [0.25, 0.3) is 0 Å². The molecule has 1 aromatic heterocycles. The van der Waals surface area contributed by atoms with E-state index in [1.807, 2.05) is 7.05 Å². The van der Waals surface area contributed by atoms with E-state index in [1.54, 1.807) is 22.0 Å². The van der Waals surface area contributed by atoms with Gasteiger partial charge >= 0.3 is 0 Å². The summed E-state index contributed by atoms with van der Waals surface area (Å²) in [5.41, 5.74) is 5.99. The van der Waals surface area contributed by atoms with Crippen molar-refractivity contribution in [2.45, 2.75) is 25.9 Å². The Hall–Kier alpha value is -0.300. The van der Waals surface area contributed by atoms with Gasteiger partial charge in [-0.2, -0.15) is 11.8 Å². The SMILES string of the molecule is CSCCC(C)N(C)C(=O)c1csc(CN)n1.Cl. The molecule has 0 bridgehead atoms. The topological polar surface area (TPSA) is 59.2 Å². The molecular formula is C11H20ClN3OS2. The number of nitrogens with zero attached hydrogens (tertiary/aromatic N) is 2. The number of thiazole rings is 1. The molecule has 0 radical (unpaired) electrons. The summed E-state index contributed by atoms with van der Waals surface area (Å²) < 4.78 is 0. The van der Waals surface area contributed by atoms with Crippen molar-refractivity contribution in [3.63, 3.8) is 0 Å². The lowest BCUT2D eigenvalue weighted by molar-refractivity contribution is 0.0736. The molecule has 1 amide bonds. The molecule has 4 nitrogen and oxygen atoms in total. The highest BCUT2D eigenvalue weighted by Gasteiger charge is 2.19. The Kier molecular flexibility index (Phi) is 8.60. The molecule has 0 spiro atoms. The Morgan fingerprint density at radius 2 is 2.33 bits per heavy atom. The van der Waals surface area contributed by atoms with Crippen molar-refractivity contribution in [1.29, 1.82) is 0 Å². The number of nitrogens with two attached hydrogens (primary N) is 1. The Balaban J connectivity index is 0.00000289.